The number of halogens is 2. The van der Waals surface area contributed by atoms with Crippen LogP contribution in [0.25, 0.3) is 10.2 Å². The van der Waals surface area contributed by atoms with Crippen molar-refractivity contribution in [3.05, 3.63) is 48.5 Å². The van der Waals surface area contributed by atoms with Gasteiger partial charge in [0.15, 0.2) is 5.13 Å². The maximum Gasteiger partial charge on any atom is 0.387 e. The number of alkyl halides is 2. The topological polar surface area (TPSA) is 54.5 Å². The second-order valence-electron chi connectivity index (χ2n) is 6.64. The molecule has 1 fully saturated rings. The van der Waals surface area contributed by atoms with Crippen LogP contribution in [0.3, 0.4) is 0 Å². The Balaban J connectivity index is 1.40. The zero-order valence-electron chi connectivity index (χ0n) is 15.0. The van der Waals surface area contributed by atoms with Crippen LogP contribution >= 0.6 is 11.3 Å². The molecule has 0 saturated carbocycles. The Hall–Kier alpha value is -2.74. The molecule has 5 nitrogen and oxygen atoms in total. The van der Waals surface area contributed by atoms with Crippen LogP contribution in [-0.4, -0.2) is 30.6 Å². The van der Waals surface area contributed by atoms with Gasteiger partial charge < -0.3 is 15.0 Å². The number of hydrogen-bond donors (Lipinski definition) is 1. The lowest BCUT2D eigenvalue weighted by molar-refractivity contribution is -0.120. The molecule has 1 unspecified atom stereocenters. The van der Waals surface area contributed by atoms with Crippen LogP contribution in [-0.2, 0) is 4.79 Å². The van der Waals surface area contributed by atoms with E-state index in [0.29, 0.717) is 12.2 Å². The summed E-state index contributed by atoms with van der Waals surface area (Å²) in [7, 11) is 0. The minimum atomic E-state index is -2.86. The number of carbonyl (C=O) groups is 1. The fraction of sp³-hybridized carbons (Fsp3) is 0.300. The second kappa shape index (κ2) is 8.10. The zero-order chi connectivity index (χ0) is 19.5. The van der Waals surface area contributed by atoms with Gasteiger partial charge >= 0.3 is 6.61 Å². The molecule has 28 heavy (non-hydrogen) atoms. The lowest BCUT2D eigenvalue weighted by Gasteiger charge is -2.31. The first-order valence-electron chi connectivity index (χ1n) is 9.05. The molecular weight excluding hydrogens is 384 g/mol. The van der Waals surface area contributed by atoms with Gasteiger partial charge in [0.25, 0.3) is 0 Å². The number of hydrogen-bond acceptors (Lipinski definition) is 5. The summed E-state index contributed by atoms with van der Waals surface area (Å²) in [6, 6.07) is 13.9. The quantitative estimate of drug-likeness (QED) is 0.668. The minimum absolute atomic E-state index is 0.0627. The highest BCUT2D eigenvalue weighted by molar-refractivity contribution is 7.22. The SMILES string of the molecule is O=C(Nc1ccc(OC(F)F)cc1)C1CCCN(c2nc3ccccc3s2)C1. The smallest absolute Gasteiger partial charge is 0.387 e. The first kappa shape index (κ1) is 18.6. The summed E-state index contributed by atoms with van der Waals surface area (Å²) >= 11 is 1.64. The number of anilines is 2. The molecule has 0 aliphatic carbocycles. The van der Waals surface area contributed by atoms with Crippen molar-refractivity contribution < 1.29 is 18.3 Å². The van der Waals surface area contributed by atoms with Gasteiger partial charge in [0.05, 0.1) is 16.1 Å². The van der Waals surface area contributed by atoms with Crippen molar-refractivity contribution in [2.45, 2.75) is 19.5 Å². The van der Waals surface area contributed by atoms with Crippen LogP contribution in [0.1, 0.15) is 12.8 Å². The summed E-state index contributed by atoms with van der Waals surface area (Å²) in [4.78, 5) is 19.5. The highest BCUT2D eigenvalue weighted by atomic mass is 32.1. The van der Waals surface area contributed by atoms with E-state index in [-0.39, 0.29) is 17.6 Å². The summed E-state index contributed by atoms with van der Waals surface area (Å²) in [6.07, 6.45) is 1.72. The van der Waals surface area contributed by atoms with Crippen molar-refractivity contribution in [3.63, 3.8) is 0 Å². The fourth-order valence-electron chi connectivity index (χ4n) is 3.32. The van der Waals surface area contributed by atoms with Crippen LogP contribution in [0, 0.1) is 5.92 Å². The van der Waals surface area contributed by atoms with Gasteiger partial charge in [0.1, 0.15) is 5.75 Å². The molecule has 2 heterocycles. The molecule has 4 rings (SSSR count). The van der Waals surface area contributed by atoms with Crippen LogP contribution in [0.4, 0.5) is 19.6 Å². The monoisotopic (exact) mass is 403 g/mol. The maximum absolute atomic E-state index is 12.7. The van der Waals surface area contributed by atoms with Gasteiger partial charge in [0, 0.05) is 18.8 Å². The number of thiazole rings is 1. The summed E-state index contributed by atoms with van der Waals surface area (Å²) < 4.78 is 29.9. The molecule has 1 saturated heterocycles. The summed E-state index contributed by atoms with van der Waals surface area (Å²) in [5, 5.41) is 3.80. The second-order valence-corrected chi connectivity index (χ2v) is 7.65. The Morgan fingerprint density at radius 1 is 1.21 bits per heavy atom. The molecule has 1 aliphatic rings. The number of carbonyl (C=O) groups excluding carboxylic acids is 1. The largest absolute Gasteiger partial charge is 0.435 e. The van der Waals surface area contributed by atoms with E-state index in [0.717, 1.165) is 34.7 Å². The van der Waals surface area contributed by atoms with Gasteiger partial charge in [-0.1, -0.05) is 23.5 Å². The van der Waals surface area contributed by atoms with Crippen molar-refractivity contribution in [1.29, 1.82) is 0 Å². The molecule has 8 heteroatoms. The molecule has 0 spiro atoms. The molecule has 2 aromatic carbocycles. The molecule has 1 atom stereocenters. The lowest BCUT2D eigenvalue weighted by atomic mass is 9.97. The number of benzene rings is 2. The lowest BCUT2D eigenvalue weighted by Crippen LogP contribution is -2.40. The van der Waals surface area contributed by atoms with Gasteiger partial charge in [-0.3, -0.25) is 4.79 Å². The zero-order valence-corrected chi connectivity index (χ0v) is 15.8. The van der Waals surface area contributed by atoms with Crippen molar-refractivity contribution in [2.24, 2.45) is 5.92 Å². The Kier molecular flexibility index (Phi) is 5.38. The third-order valence-electron chi connectivity index (χ3n) is 4.69. The molecular formula is C20H19F2N3O2S. The summed E-state index contributed by atoms with van der Waals surface area (Å²) in [6.45, 7) is -1.38. The van der Waals surface area contributed by atoms with Gasteiger partial charge in [-0.15, -0.1) is 0 Å². The number of fused-ring (bicyclic) bond motifs is 1. The number of nitrogens with one attached hydrogen (secondary N) is 1. The minimum Gasteiger partial charge on any atom is -0.435 e. The molecule has 0 radical (unpaired) electrons. The highest BCUT2D eigenvalue weighted by Gasteiger charge is 2.27. The van der Waals surface area contributed by atoms with E-state index in [9.17, 15) is 13.6 Å². The standard InChI is InChI=1S/C20H19F2N3O2S/c21-19(22)27-15-9-7-14(8-10-15)23-18(26)13-4-3-11-25(12-13)20-24-16-5-1-2-6-17(16)28-20/h1-2,5-10,13,19H,3-4,11-12H2,(H,23,26). The fourth-order valence-corrected chi connectivity index (χ4v) is 4.32. The van der Waals surface area contributed by atoms with E-state index in [2.05, 4.69) is 19.9 Å². The Morgan fingerprint density at radius 2 is 2.00 bits per heavy atom. The third-order valence-corrected chi connectivity index (χ3v) is 5.79. The van der Waals surface area contributed by atoms with Crippen molar-refractivity contribution in [1.82, 2.24) is 4.98 Å². The summed E-state index contributed by atoms with van der Waals surface area (Å²) in [5.41, 5.74) is 1.53. The average molecular weight is 403 g/mol. The molecule has 1 aliphatic heterocycles. The number of nitrogens with zero attached hydrogens (tertiary/aromatic N) is 2. The molecule has 1 N–H and O–H groups in total. The van der Waals surface area contributed by atoms with E-state index < -0.39 is 6.61 Å². The van der Waals surface area contributed by atoms with E-state index in [1.165, 1.54) is 12.1 Å². The van der Waals surface area contributed by atoms with Crippen molar-refractivity contribution in [3.8, 4) is 5.75 Å². The number of para-hydroxylation sites is 1. The van der Waals surface area contributed by atoms with E-state index in [1.54, 1.807) is 23.5 Å². The molecule has 0 bridgehead atoms. The van der Waals surface area contributed by atoms with Crippen molar-refractivity contribution in [2.75, 3.05) is 23.3 Å². The van der Waals surface area contributed by atoms with Crippen molar-refractivity contribution >= 4 is 38.3 Å². The summed E-state index contributed by atoms with van der Waals surface area (Å²) in [5.74, 6) is -0.168. The van der Waals surface area contributed by atoms with E-state index in [4.69, 9.17) is 0 Å². The number of aromatic nitrogens is 1. The number of piperidine rings is 1. The predicted molar refractivity (Wildman–Crippen MR) is 106 cm³/mol. The molecule has 1 amide bonds. The van der Waals surface area contributed by atoms with E-state index >= 15 is 0 Å². The Bertz CT molecular complexity index is 928. The van der Waals surface area contributed by atoms with Gasteiger partial charge in [-0.05, 0) is 49.2 Å². The van der Waals surface area contributed by atoms with Crippen LogP contribution in [0.5, 0.6) is 5.75 Å². The van der Waals surface area contributed by atoms with Gasteiger partial charge in [-0.25, -0.2) is 4.98 Å². The van der Waals surface area contributed by atoms with Crippen LogP contribution in [0.2, 0.25) is 0 Å². The van der Waals surface area contributed by atoms with Crippen LogP contribution in [0.15, 0.2) is 48.5 Å². The molecule has 3 aromatic rings. The third kappa shape index (κ3) is 4.22. The van der Waals surface area contributed by atoms with Gasteiger partial charge in [-0.2, -0.15) is 8.78 Å². The highest BCUT2D eigenvalue weighted by Crippen LogP contribution is 2.31. The Labute approximate surface area is 164 Å². The van der Waals surface area contributed by atoms with Gasteiger partial charge in [0.2, 0.25) is 5.91 Å². The number of amides is 1. The number of rotatable bonds is 5. The average Bonchev–Trinajstić information content (AvgIpc) is 3.13. The first-order valence-corrected chi connectivity index (χ1v) is 9.86. The molecule has 1 aromatic heterocycles. The van der Waals surface area contributed by atoms with E-state index in [1.807, 2.05) is 24.3 Å². The predicted octanol–water partition coefficient (Wildman–Crippen LogP) is 4.75. The molecule has 146 valence electrons. The first-order chi connectivity index (χ1) is 13.6. The Morgan fingerprint density at radius 3 is 2.75 bits per heavy atom. The van der Waals surface area contributed by atoms with Crippen LogP contribution < -0.4 is 15.0 Å². The normalized spacial score (nSPS) is 17.1. The maximum atomic E-state index is 12.7. The number of ether oxygens (including phenoxy) is 1.